The van der Waals surface area contributed by atoms with E-state index >= 15 is 0 Å². The quantitative estimate of drug-likeness (QED) is 0.897. The standard InChI is InChI=1S/C16H19N3O/c1-11-6-4-5-7-14(11)12(2)19-13-8-9-18-15(10-13)16(20)17-3/h4-10,12H,1-3H3,(H,17,20)(H,18,19). The average molecular weight is 269 g/mol. The SMILES string of the molecule is CNC(=O)c1cc(NC(C)c2ccccc2C)ccn1. The molecule has 1 heterocycles. The number of aryl methyl sites for hydroxylation is 1. The molecule has 2 N–H and O–H groups in total. The van der Waals surface area contributed by atoms with Gasteiger partial charge in [-0.1, -0.05) is 24.3 Å². The number of carbonyl (C=O) groups is 1. The van der Waals surface area contributed by atoms with Crippen LogP contribution in [0.1, 0.15) is 34.6 Å². The maximum atomic E-state index is 11.6. The maximum Gasteiger partial charge on any atom is 0.269 e. The van der Waals surface area contributed by atoms with Gasteiger partial charge in [-0.25, -0.2) is 0 Å². The molecule has 2 rings (SSSR count). The number of nitrogens with zero attached hydrogens (tertiary/aromatic N) is 1. The first-order chi connectivity index (χ1) is 9.61. The number of hydrogen-bond acceptors (Lipinski definition) is 3. The van der Waals surface area contributed by atoms with E-state index in [4.69, 9.17) is 0 Å². The first kappa shape index (κ1) is 14.1. The van der Waals surface area contributed by atoms with E-state index in [1.807, 2.05) is 18.2 Å². The van der Waals surface area contributed by atoms with Crippen LogP contribution in [0.25, 0.3) is 0 Å². The lowest BCUT2D eigenvalue weighted by Crippen LogP contribution is -2.19. The zero-order chi connectivity index (χ0) is 14.5. The molecule has 0 aliphatic carbocycles. The molecule has 1 aromatic heterocycles. The highest BCUT2D eigenvalue weighted by Crippen LogP contribution is 2.21. The Morgan fingerprint density at radius 1 is 1.25 bits per heavy atom. The van der Waals surface area contributed by atoms with Gasteiger partial charge in [-0.05, 0) is 37.1 Å². The van der Waals surface area contributed by atoms with Gasteiger partial charge in [0, 0.05) is 25.0 Å². The molecule has 1 aromatic carbocycles. The van der Waals surface area contributed by atoms with Crippen LogP contribution in [-0.2, 0) is 0 Å². The molecule has 1 atom stereocenters. The van der Waals surface area contributed by atoms with Crippen LogP contribution in [-0.4, -0.2) is 17.9 Å². The molecular weight excluding hydrogens is 250 g/mol. The Labute approximate surface area is 119 Å². The summed E-state index contributed by atoms with van der Waals surface area (Å²) in [5.41, 5.74) is 3.78. The Kier molecular flexibility index (Phi) is 4.35. The van der Waals surface area contributed by atoms with Crippen molar-refractivity contribution in [2.24, 2.45) is 0 Å². The highest BCUT2D eigenvalue weighted by Gasteiger charge is 2.10. The third kappa shape index (κ3) is 3.15. The Morgan fingerprint density at radius 2 is 2.00 bits per heavy atom. The zero-order valence-electron chi connectivity index (χ0n) is 12.0. The van der Waals surface area contributed by atoms with E-state index in [1.165, 1.54) is 11.1 Å². The highest BCUT2D eigenvalue weighted by molar-refractivity contribution is 5.92. The predicted octanol–water partition coefficient (Wildman–Crippen LogP) is 2.92. The van der Waals surface area contributed by atoms with Gasteiger partial charge in [0.15, 0.2) is 0 Å². The molecule has 0 radical (unpaired) electrons. The fraction of sp³-hybridized carbons (Fsp3) is 0.250. The second kappa shape index (κ2) is 6.19. The predicted molar refractivity (Wildman–Crippen MR) is 80.8 cm³/mol. The van der Waals surface area contributed by atoms with E-state index < -0.39 is 0 Å². The van der Waals surface area contributed by atoms with Crippen molar-refractivity contribution in [3.8, 4) is 0 Å². The molecule has 1 unspecified atom stereocenters. The molecule has 0 spiro atoms. The number of nitrogens with one attached hydrogen (secondary N) is 2. The van der Waals surface area contributed by atoms with Crippen LogP contribution in [0.3, 0.4) is 0 Å². The van der Waals surface area contributed by atoms with Crippen molar-refractivity contribution >= 4 is 11.6 Å². The normalized spacial score (nSPS) is 11.8. The fourth-order valence-corrected chi connectivity index (χ4v) is 2.17. The van der Waals surface area contributed by atoms with E-state index in [0.717, 1.165) is 5.69 Å². The number of amides is 1. The third-order valence-corrected chi connectivity index (χ3v) is 3.26. The summed E-state index contributed by atoms with van der Waals surface area (Å²) in [4.78, 5) is 15.6. The van der Waals surface area contributed by atoms with Crippen molar-refractivity contribution < 1.29 is 4.79 Å². The third-order valence-electron chi connectivity index (χ3n) is 3.26. The summed E-state index contributed by atoms with van der Waals surface area (Å²) in [6, 6.07) is 12.0. The molecule has 0 bridgehead atoms. The van der Waals surface area contributed by atoms with Gasteiger partial charge in [0.2, 0.25) is 0 Å². The van der Waals surface area contributed by atoms with Gasteiger partial charge >= 0.3 is 0 Å². The minimum absolute atomic E-state index is 0.163. The van der Waals surface area contributed by atoms with Gasteiger partial charge in [0.25, 0.3) is 5.91 Å². The smallest absolute Gasteiger partial charge is 0.269 e. The minimum Gasteiger partial charge on any atom is -0.378 e. The second-order valence-electron chi connectivity index (χ2n) is 4.73. The van der Waals surface area contributed by atoms with Crippen molar-refractivity contribution in [3.05, 3.63) is 59.4 Å². The van der Waals surface area contributed by atoms with Gasteiger partial charge in [0.1, 0.15) is 5.69 Å². The molecular formula is C16H19N3O. The van der Waals surface area contributed by atoms with E-state index in [9.17, 15) is 4.79 Å². The van der Waals surface area contributed by atoms with Gasteiger partial charge in [-0.15, -0.1) is 0 Å². The molecule has 0 aliphatic heterocycles. The topological polar surface area (TPSA) is 54.0 Å². The average Bonchev–Trinajstić information content (AvgIpc) is 2.47. The molecule has 0 saturated carbocycles. The van der Waals surface area contributed by atoms with Crippen LogP contribution < -0.4 is 10.6 Å². The maximum absolute atomic E-state index is 11.6. The van der Waals surface area contributed by atoms with Crippen LogP contribution in [0.2, 0.25) is 0 Å². The lowest BCUT2D eigenvalue weighted by atomic mass is 10.0. The number of pyridine rings is 1. The number of hydrogen-bond donors (Lipinski definition) is 2. The zero-order valence-corrected chi connectivity index (χ0v) is 12.0. The molecule has 0 saturated heterocycles. The van der Waals surface area contributed by atoms with Crippen LogP contribution in [0.5, 0.6) is 0 Å². The lowest BCUT2D eigenvalue weighted by Gasteiger charge is -2.18. The fourth-order valence-electron chi connectivity index (χ4n) is 2.17. The molecule has 4 nitrogen and oxygen atoms in total. The number of rotatable bonds is 4. The first-order valence-corrected chi connectivity index (χ1v) is 6.62. The minimum atomic E-state index is -0.183. The largest absolute Gasteiger partial charge is 0.378 e. The van der Waals surface area contributed by atoms with Crippen molar-refractivity contribution in [2.75, 3.05) is 12.4 Å². The van der Waals surface area contributed by atoms with Gasteiger partial charge < -0.3 is 10.6 Å². The second-order valence-corrected chi connectivity index (χ2v) is 4.73. The molecule has 20 heavy (non-hydrogen) atoms. The Morgan fingerprint density at radius 3 is 2.70 bits per heavy atom. The number of anilines is 1. The summed E-state index contributed by atoms with van der Waals surface area (Å²) in [6.45, 7) is 4.19. The van der Waals surface area contributed by atoms with E-state index in [2.05, 4.69) is 41.6 Å². The summed E-state index contributed by atoms with van der Waals surface area (Å²) in [5, 5.41) is 5.97. The Bertz CT molecular complexity index is 610. The highest BCUT2D eigenvalue weighted by atomic mass is 16.1. The summed E-state index contributed by atoms with van der Waals surface area (Å²) in [5.74, 6) is -0.183. The summed E-state index contributed by atoms with van der Waals surface area (Å²) in [6.07, 6.45) is 1.64. The number of benzene rings is 1. The van der Waals surface area contributed by atoms with Crippen LogP contribution >= 0.6 is 0 Å². The van der Waals surface area contributed by atoms with E-state index in [-0.39, 0.29) is 11.9 Å². The summed E-state index contributed by atoms with van der Waals surface area (Å²) in [7, 11) is 1.60. The first-order valence-electron chi connectivity index (χ1n) is 6.62. The molecule has 0 fully saturated rings. The lowest BCUT2D eigenvalue weighted by molar-refractivity contribution is 0.0958. The number of aromatic nitrogens is 1. The van der Waals surface area contributed by atoms with Gasteiger partial charge in [-0.2, -0.15) is 0 Å². The van der Waals surface area contributed by atoms with Crippen LogP contribution in [0.4, 0.5) is 5.69 Å². The number of carbonyl (C=O) groups excluding carboxylic acids is 1. The van der Waals surface area contributed by atoms with Crippen LogP contribution in [0.15, 0.2) is 42.6 Å². The van der Waals surface area contributed by atoms with Crippen molar-refractivity contribution in [1.29, 1.82) is 0 Å². The molecule has 2 aromatic rings. The van der Waals surface area contributed by atoms with E-state index in [1.54, 1.807) is 19.3 Å². The van der Waals surface area contributed by atoms with Crippen molar-refractivity contribution in [2.45, 2.75) is 19.9 Å². The Hall–Kier alpha value is -2.36. The van der Waals surface area contributed by atoms with Gasteiger partial charge in [-0.3, -0.25) is 9.78 Å². The molecule has 4 heteroatoms. The van der Waals surface area contributed by atoms with Crippen molar-refractivity contribution in [3.63, 3.8) is 0 Å². The Balaban J connectivity index is 2.18. The van der Waals surface area contributed by atoms with Crippen molar-refractivity contribution in [1.82, 2.24) is 10.3 Å². The van der Waals surface area contributed by atoms with Crippen LogP contribution in [0, 0.1) is 6.92 Å². The molecule has 104 valence electrons. The molecule has 1 amide bonds. The monoisotopic (exact) mass is 269 g/mol. The van der Waals surface area contributed by atoms with Gasteiger partial charge in [0.05, 0.1) is 0 Å². The van der Waals surface area contributed by atoms with E-state index in [0.29, 0.717) is 5.69 Å². The summed E-state index contributed by atoms with van der Waals surface area (Å²) < 4.78 is 0. The molecule has 0 aliphatic rings. The summed E-state index contributed by atoms with van der Waals surface area (Å²) >= 11 is 0.